The second kappa shape index (κ2) is 6.96. The van der Waals surface area contributed by atoms with E-state index in [1.807, 2.05) is 13.0 Å². The first kappa shape index (κ1) is 12.7. The van der Waals surface area contributed by atoms with E-state index in [9.17, 15) is 4.79 Å². The predicted molar refractivity (Wildman–Crippen MR) is 64.4 cm³/mol. The van der Waals surface area contributed by atoms with Crippen LogP contribution in [-0.2, 0) is 10.5 Å². The Morgan fingerprint density at radius 2 is 2.33 bits per heavy atom. The van der Waals surface area contributed by atoms with Gasteiger partial charge in [-0.05, 0) is 35.9 Å². The van der Waals surface area contributed by atoms with Gasteiger partial charge in [-0.25, -0.2) is 0 Å². The molecule has 0 bridgehead atoms. The average Bonchev–Trinajstić information content (AvgIpc) is 2.63. The van der Waals surface area contributed by atoms with Crippen LogP contribution in [0.25, 0.3) is 0 Å². The zero-order chi connectivity index (χ0) is 11.1. The second-order valence-electron chi connectivity index (χ2n) is 3.25. The first-order valence-corrected chi connectivity index (χ1v) is 6.59. The number of Topliss-reactive ketones (excluding diaryl/α,β-unsaturated/α-hetero) is 1. The number of furan rings is 1. The molecule has 0 saturated heterocycles. The number of halogens is 1. The molecular formula is C11H15ClO2S. The highest BCUT2D eigenvalue weighted by molar-refractivity contribution is 7.98. The van der Waals surface area contributed by atoms with Gasteiger partial charge < -0.3 is 4.42 Å². The standard InChI is InChI=1S/C11H15ClO2S/c1-2-9(13)4-3-7-15-8-10-5-6-11(12)14-10/h5-6H,2-4,7-8H2,1H3. The summed E-state index contributed by atoms with van der Waals surface area (Å²) in [5.74, 6) is 3.06. The summed E-state index contributed by atoms with van der Waals surface area (Å²) in [4.78, 5) is 11.0. The normalized spacial score (nSPS) is 10.5. The summed E-state index contributed by atoms with van der Waals surface area (Å²) in [5.41, 5.74) is 0. The van der Waals surface area contributed by atoms with Crippen LogP contribution in [0.1, 0.15) is 31.9 Å². The van der Waals surface area contributed by atoms with Crippen LogP contribution in [-0.4, -0.2) is 11.5 Å². The molecule has 1 aromatic heterocycles. The fourth-order valence-corrected chi connectivity index (χ4v) is 2.16. The van der Waals surface area contributed by atoms with Crippen molar-refractivity contribution in [2.45, 2.75) is 31.9 Å². The molecule has 0 atom stereocenters. The summed E-state index contributed by atoms with van der Waals surface area (Å²) in [6.45, 7) is 1.90. The number of hydrogen-bond donors (Lipinski definition) is 0. The number of ketones is 1. The Balaban J connectivity index is 2.05. The molecule has 0 amide bonds. The third kappa shape index (κ3) is 5.28. The molecule has 1 aromatic rings. The number of hydrogen-bond acceptors (Lipinski definition) is 3. The Bertz CT molecular complexity index is 309. The third-order valence-corrected chi connectivity index (χ3v) is 3.28. The largest absolute Gasteiger partial charge is 0.449 e. The number of carbonyl (C=O) groups excluding carboxylic acids is 1. The summed E-state index contributed by atoms with van der Waals surface area (Å²) >= 11 is 7.41. The Kier molecular flexibility index (Phi) is 5.88. The summed E-state index contributed by atoms with van der Waals surface area (Å²) < 4.78 is 5.21. The smallest absolute Gasteiger partial charge is 0.193 e. The third-order valence-electron chi connectivity index (χ3n) is 2.01. The van der Waals surface area contributed by atoms with Gasteiger partial charge in [-0.3, -0.25) is 4.79 Å². The van der Waals surface area contributed by atoms with Gasteiger partial charge in [0.1, 0.15) is 11.5 Å². The lowest BCUT2D eigenvalue weighted by Crippen LogP contribution is -1.95. The van der Waals surface area contributed by atoms with Crippen molar-refractivity contribution >= 4 is 29.1 Å². The minimum atomic E-state index is 0.344. The summed E-state index contributed by atoms with van der Waals surface area (Å²) in [6.07, 6.45) is 2.30. The first-order chi connectivity index (χ1) is 7.22. The minimum absolute atomic E-state index is 0.344. The molecule has 0 aliphatic carbocycles. The van der Waals surface area contributed by atoms with E-state index in [2.05, 4.69) is 0 Å². The van der Waals surface area contributed by atoms with Gasteiger partial charge in [-0.1, -0.05) is 6.92 Å². The van der Waals surface area contributed by atoms with Gasteiger partial charge in [0.05, 0.1) is 5.75 Å². The zero-order valence-electron chi connectivity index (χ0n) is 8.79. The zero-order valence-corrected chi connectivity index (χ0v) is 10.4. The van der Waals surface area contributed by atoms with E-state index in [4.69, 9.17) is 16.0 Å². The van der Waals surface area contributed by atoms with Crippen molar-refractivity contribution in [2.75, 3.05) is 5.75 Å². The van der Waals surface area contributed by atoms with Crippen LogP contribution in [0.2, 0.25) is 5.22 Å². The van der Waals surface area contributed by atoms with Crippen LogP contribution in [0, 0.1) is 0 Å². The molecule has 0 spiro atoms. The molecule has 0 saturated carbocycles. The second-order valence-corrected chi connectivity index (χ2v) is 4.73. The maximum atomic E-state index is 11.0. The molecule has 1 rings (SSSR count). The van der Waals surface area contributed by atoms with Gasteiger partial charge in [0.15, 0.2) is 5.22 Å². The lowest BCUT2D eigenvalue weighted by Gasteiger charge is -1.98. The van der Waals surface area contributed by atoms with Crippen LogP contribution in [0.15, 0.2) is 16.5 Å². The van der Waals surface area contributed by atoms with Crippen molar-refractivity contribution in [1.29, 1.82) is 0 Å². The van der Waals surface area contributed by atoms with E-state index in [0.29, 0.717) is 23.8 Å². The molecule has 15 heavy (non-hydrogen) atoms. The molecule has 4 heteroatoms. The minimum Gasteiger partial charge on any atom is -0.449 e. The SMILES string of the molecule is CCC(=O)CCCSCc1ccc(Cl)o1. The molecule has 0 radical (unpaired) electrons. The van der Waals surface area contributed by atoms with E-state index in [1.54, 1.807) is 17.8 Å². The topological polar surface area (TPSA) is 30.2 Å². The molecule has 2 nitrogen and oxygen atoms in total. The highest BCUT2D eigenvalue weighted by Gasteiger charge is 2.01. The molecule has 0 N–H and O–H groups in total. The Morgan fingerprint density at radius 1 is 1.53 bits per heavy atom. The summed E-state index contributed by atoms with van der Waals surface area (Å²) in [5, 5.41) is 0.437. The van der Waals surface area contributed by atoms with Gasteiger partial charge in [0.25, 0.3) is 0 Å². The Labute approximate surface area is 99.4 Å². The molecule has 0 aliphatic rings. The number of carbonyl (C=O) groups is 1. The fraction of sp³-hybridized carbons (Fsp3) is 0.545. The highest BCUT2D eigenvalue weighted by Crippen LogP contribution is 2.19. The monoisotopic (exact) mass is 246 g/mol. The molecule has 0 aromatic carbocycles. The fourth-order valence-electron chi connectivity index (χ4n) is 1.15. The van der Waals surface area contributed by atoms with E-state index in [1.165, 1.54) is 0 Å². The lowest BCUT2D eigenvalue weighted by molar-refractivity contribution is -0.118. The van der Waals surface area contributed by atoms with Crippen LogP contribution in [0.4, 0.5) is 0 Å². The predicted octanol–water partition coefficient (Wildman–Crippen LogP) is 3.93. The van der Waals surface area contributed by atoms with Crippen molar-refractivity contribution in [2.24, 2.45) is 0 Å². The summed E-state index contributed by atoms with van der Waals surface area (Å²) in [7, 11) is 0. The maximum Gasteiger partial charge on any atom is 0.193 e. The van der Waals surface area contributed by atoms with Crippen LogP contribution < -0.4 is 0 Å². The van der Waals surface area contributed by atoms with Gasteiger partial charge in [0, 0.05) is 12.8 Å². The average molecular weight is 247 g/mol. The van der Waals surface area contributed by atoms with Crippen molar-refractivity contribution in [3.05, 3.63) is 23.1 Å². The Morgan fingerprint density at radius 3 is 2.93 bits per heavy atom. The molecule has 0 fully saturated rings. The van der Waals surface area contributed by atoms with Gasteiger partial charge in [0.2, 0.25) is 0 Å². The van der Waals surface area contributed by atoms with Crippen LogP contribution in [0.5, 0.6) is 0 Å². The van der Waals surface area contributed by atoms with Crippen LogP contribution >= 0.6 is 23.4 Å². The Hall–Kier alpha value is -0.410. The maximum absolute atomic E-state index is 11.0. The van der Waals surface area contributed by atoms with Gasteiger partial charge in [-0.15, -0.1) is 0 Å². The first-order valence-electron chi connectivity index (χ1n) is 5.06. The highest BCUT2D eigenvalue weighted by atomic mass is 35.5. The number of thioether (sulfide) groups is 1. The molecule has 0 aliphatic heterocycles. The van der Waals surface area contributed by atoms with Crippen molar-refractivity contribution in [3.63, 3.8) is 0 Å². The molecular weight excluding hydrogens is 232 g/mol. The quantitative estimate of drug-likeness (QED) is 0.683. The van der Waals surface area contributed by atoms with Gasteiger partial charge in [-0.2, -0.15) is 11.8 Å². The van der Waals surface area contributed by atoms with E-state index >= 15 is 0 Å². The van der Waals surface area contributed by atoms with E-state index in [0.717, 1.165) is 23.7 Å². The van der Waals surface area contributed by atoms with Crippen molar-refractivity contribution in [3.8, 4) is 0 Å². The van der Waals surface area contributed by atoms with Crippen LogP contribution in [0.3, 0.4) is 0 Å². The van der Waals surface area contributed by atoms with E-state index in [-0.39, 0.29) is 0 Å². The number of rotatable bonds is 7. The molecule has 1 heterocycles. The van der Waals surface area contributed by atoms with Crippen molar-refractivity contribution in [1.82, 2.24) is 0 Å². The lowest BCUT2D eigenvalue weighted by atomic mass is 10.2. The molecule has 0 unspecified atom stereocenters. The van der Waals surface area contributed by atoms with Crippen molar-refractivity contribution < 1.29 is 9.21 Å². The van der Waals surface area contributed by atoms with E-state index < -0.39 is 0 Å². The molecule has 84 valence electrons. The van der Waals surface area contributed by atoms with Gasteiger partial charge >= 0.3 is 0 Å². The summed E-state index contributed by atoms with van der Waals surface area (Å²) in [6, 6.07) is 3.63.